The molecule has 5 aromatic rings. The highest BCUT2D eigenvalue weighted by Gasteiger charge is 2.19. The molecule has 6 rings (SSSR count). The maximum absolute atomic E-state index is 13.5. The van der Waals surface area contributed by atoms with Gasteiger partial charge in [-0.05, 0) is 42.0 Å². The van der Waals surface area contributed by atoms with Crippen LogP contribution in [0.25, 0.3) is 27.3 Å². The van der Waals surface area contributed by atoms with Crippen molar-refractivity contribution in [3.8, 4) is 0 Å². The lowest BCUT2D eigenvalue weighted by molar-refractivity contribution is 0.0685. The summed E-state index contributed by atoms with van der Waals surface area (Å²) in [6.45, 7) is 1.38. The van der Waals surface area contributed by atoms with Crippen LogP contribution in [-0.4, -0.2) is 32.1 Å². The van der Waals surface area contributed by atoms with Gasteiger partial charge in [0.15, 0.2) is 0 Å². The van der Waals surface area contributed by atoms with Crippen molar-refractivity contribution < 1.29 is 4.74 Å². The van der Waals surface area contributed by atoms with Crippen LogP contribution in [0.5, 0.6) is 0 Å². The Kier molecular flexibility index (Phi) is 4.32. The van der Waals surface area contributed by atoms with Crippen molar-refractivity contribution in [2.75, 3.05) is 13.2 Å². The molecule has 0 N–H and O–H groups in total. The van der Waals surface area contributed by atoms with Crippen LogP contribution in [0.4, 0.5) is 0 Å². The van der Waals surface area contributed by atoms with Crippen molar-refractivity contribution in [3.05, 3.63) is 88.9 Å². The number of pyridine rings is 1. The Balaban J connectivity index is 1.56. The zero-order valence-corrected chi connectivity index (χ0v) is 17.1. The van der Waals surface area contributed by atoms with E-state index in [-0.39, 0.29) is 11.6 Å². The van der Waals surface area contributed by atoms with Crippen LogP contribution in [0.2, 0.25) is 0 Å². The van der Waals surface area contributed by atoms with Gasteiger partial charge < -0.3 is 9.14 Å². The van der Waals surface area contributed by atoms with Crippen molar-refractivity contribution in [2.45, 2.75) is 25.3 Å². The normalized spacial score (nSPS) is 15.2. The molecule has 6 nitrogen and oxygen atoms in total. The number of hydrogen-bond donors (Lipinski definition) is 0. The molecular weight excluding hydrogens is 388 g/mol. The Morgan fingerprint density at radius 2 is 1.81 bits per heavy atom. The highest BCUT2D eigenvalue weighted by molar-refractivity contribution is 6.06. The first-order valence-electron chi connectivity index (χ1n) is 10.7. The van der Waals surface area contributed by atoms with Crippen LogP contribution < -0.4 is 5.56 Å². The Bertz CT molecular complexity index is 1480. The fourth-order valence-corrected chi connectivity index (χ4v) is 4.76. The van der Waals surface area contributed by atoms with Gasteiger partial charge in [-0.3, -0.25) is 9.36 Å². The Morgan fingerprint density at radius 3 is 2.68 bits per heavy atom. The predicted molar refractivity (Wildman–Crippen MR) is 121 cm³/mol. The topological polar surface area (TPSA) is 61.4 Å². The van der Waals surface area contributed by atoms with E-state index in [4.69, 9.17) is 9.72 Å². The first-order chi connectivity index (χ1) is 15.3. The highest BCUT2D eigenvalue weighted by atomic mass is 16.5. The van der Waals surface area contributed by atoms with Crippen LogP contribution in [0.3, 0.4) is 0 Å². The van der Waals surface area contributed by atoms with E-state index in [1.165, 1.54) is 0 Å². The van der Waals surface area contributed by atoms with E-state index in [0.29, 0.717) is 25.0 Å². The zero-order valence-electron chi connectivity index (χ0n) is 17.1. The van der Waals surface area contributed by atoms with E-state index < -0.39 is 0 Å². The number of hydrogen-bond acceptors (Lipinski definition) is 4. The van der Waals surface area contributed by atoms with Gasteiger partial charge in [0, 0.05) is 49.2 Å². The molecule has 31 heavy (non-hydrogen) atoms. The van der Waals surface area contributed by atoms with Gasteiger partial charge in [-0.25, -0.2) is 9.97 Å². The molecule has 3 aromatic heterocycles. The monoisotopic (exact) mass is 410 g/mol. The molecule has 0 saturated carbocycles. The molecule has 1 aliphatic rings. The Hall–Kier alpha value is -3.51. The number of fused-ring (bicyclic) bond motifs is 4. The van der Waals surface area contributed by atoms with Crippen molar-refractivity contribution in [3.63, 3.8) is 0 Å². The number of benzene rings is 2. The van der Waals surface area contributed by atoms with Crippen LogP contribution in [0.1, 0.15) is 30.1 Å². The molecule has 6 heteroatoms. The van der Waals surface area contributed by atoms with E-state index in [0.717, 1.165) is 46.0 Å². The van der Waals surface area contributed by atoms with Crippen molar-refractivity contribution in [2.24, 2.45) is 0 Å². The number of ether oxygens (including phenoxy) is 1. The van der Waals surface area contributed by atoms with Gasteiger partial charge in [-0.2, -0.15) is 0 Å². The quantitative estimate of drug-likeness (QED) is 0.420. The number of aromatic nitrogens is 4. The molecule has 0 amide bonds. The SMILES string of the molecule is O=c1c2cc(Cc3cccc4nccn34)c3ccccc3c2ncn1C1CCOCC1. The minimum absolute atomic E-state index is 0.0322. The average Bonchev–Trinajstić information content (AvgIpc) is 3.30. The maximum Gasteiger partial charge on any atom is 0.261 e. The lowest BCUT2D eigenvalue weighted by Gasteiger charge is -2.24. The van der Waals surface area contributed by atoms with Crippen molar-refractivity contribution in [1.82, 2.24) is 18.9 Å². The molecule has 1 saturated heterocycles. The van der Waals surface area contributed by atoms with Gasteiger partial charge in [0.05, 0.1) is 17.2 Å². The maximum atomic E-state index is 13.5. The molecule has 0 aliphatic carbocycles. The summed E-state index contributed by atoms with van der Waals surface area (Å²) in [6, 6.07) is 16.5. The summed E-state index contributed by atoms with van der Waals surface area (Å²) in [4.78, 5) is 22.7. The van der Waals surface area contributed by atoms with Crippen LogP contribution in [0, 0.1) is 0 Å². The second kappa shape index (κ2) is 7.32. The minimum Gasteiger partial charge on any atom is -0.381 e. The van der Waals surface area contributed by atoms with Crippen LogP contribution in [0.15, 0.2) is 72.0 Å². The first kappa shape index (κ1) is 18.3. The highest BCUT2D eigenvalue weighted by Crippen LogP contribution is 2.28. The lowest BCUT2D eigenvalue weighted by atomic mass is 9.97. The van der Waals surface area contributed by atoms with E-state index in [9.17, 15) is 4.79 Å². The molecule has 0 atom stereocenters. The zero-order chi connectivity index (χ0) is 20.8. The summed E-state index contributed by atoms with van der Waals surface area (Å²) in [5.41, 5.74) is 3.98. The molecule has 1 fully saturated rings. The summed E-state index contributed by atoms with van der Waals surface area (Å²) < 4.78 is 9.38. The molecule has 4 heterocycles. The summed E-state index contributed by atoms with van der Waals surface area (Å²) in [6.07, 6.45) is 7.91. The van der Waals surface area contributed by atoms with E-state index in [1.54, 1.807) is 10.9 Å². The van der Waals surface area contributed by atoms with Crippen LogP contribution in [-0.2, 0) is 11.2 Å². The molecular formula is C25H22N4O2. The summed E-state index contributed by atoms with van der Waals surface area (Å²) in [5.74, 6) is 0. The van der Waals surface area contributed by atoms with Gasteiger partial charge in [0.2, 0.25) is 0 Å². The third-order valence-electron chi connectivity index (χ3n) is 6.35. The molecule has 2 aromatic carbocycles. The fraction of sp³-hybridized carbons (Fsp3) is 0.240. The van der Waals surface area contributed by atoms with Gasteiger partial charge in [-0.1, -0.05) is 30.3 Å². The molecule has 0 unspecified atom stereocenters. The van der Waals surface area contributed by atoms with Gasteiger partial charge in [-0.15, -0.1) is 0 Å². The first-order valence-corrected chi connectivity index (χ1v) is 10.7. The predicted octanol–water partition coefficient (Wildman–Crippen LogP) is 4.14. The standard InChI is InChI=1S/C25H22N4O2/c30-25-22-15-17(14-19-4-3-7-23-26-10-11-28(19)23)20-5-1-2-6-21(20)24(22)27-16-29(25)18-8-12-31-13-9-18/h1-7,10-11,15-16,18H,8-9,12-14H2. The fourth-order valence-electron chi connectivity index (χ4n) is 4.76. The van der Waals surface area contributed by atoms with Gasteiger partial charge in [0.25, 0.3) is 5.56 Å². The average molecular weight is 410 g/mol. The largest absolute Gasteiger partial charge is 0.381 e. The smallest absolute Gasteiger partial charge is 0.261 e. The number of imidazole rings is 1. The van der Waals surface area contributed by atoms with Gasteiger partial charge in [0.1, 0.15) is 5.65 Å². The third-order valence-corrected chi connectivity index (χ3v) is 6.35. The number of nitrogens with zero attached hydrogens (tertiary/aromatic N) is 4. The summed E-state index contributed by atoms with van der Waals surface area (Å²) in [5, 5.41) is 2.83. The van der Waals surface area contributed by atoms with Crippen LogP contribution >= 0.6 is 0 Å². The van der Waals surface area contributed by atoms with E-state index in [2.05, 4.69) is 27.6 Å². The molecule has 0 spiro atoms. The Morgan fingerprint density at radius 1 is 0.968 bits per heavy atom. The molecule has 1 aliphatic heterocycles. The van der Waals surface area contributed by atoms with Crippen molar-refractivity contribution >= 4 is 27.3 Å². The summed E-state index contributed by atoms with van der Waals surface area (Å²) in [7, 11) is 0. The Labute approximate surface area is 178 Å². The van der Waals surface area contributed by atoms with E-state index >= 15 is 0 Å². The van der Waals surface area contributed by atoms with E-state index in [1.807, 2.05) is 42.7 Å². The summed E-state index contributed by atoms with van der Waals surface area (Å²) >= 11 is 0. The van der Waals surface area contributed by atoms with Gasteiger partial charge >= 0.3 is 0 Å². The minimum atomic E-state index is 0.0322. The molecule has 0 bridgehead atoms. The van der Waals surface area contributed by atoms with Crippen molar-refractivity contribution in [1.29, 1.82) is 0 Å². The number of rotatable bonds is 3. The second-order valence-corrected chi connectivity index (χ2v) is 8.13. The lowest BCUT2D eigenvalue weighted by Crippen LogP contribution is -2.29. The molecule has 0 radical (unpaired) electrons. The second-order valence-electron chi connectivity index (χ2n) is 8.13. The third kappa shape index (κ3) is 3.02. The molecule has 154 valence electrons.